The van der Waals surface area contributed by atoms with Crippen molar-refractivity contribution in [2.24, 2.45) is 5.92 Å². The van der Waals surface area contributed by atoms with Crippen LogP contribution in [-0.4, -0.2) is 19.8 Å². The highest BCUT2D eigenvalue weighted by Crippen LogP contribution is 2.43. The summed E-state index contributed by atoms with van der Waals surface area (Å²) in [6.45, 7) is 0.858. The third kappa shape index (κ3) is 4.81. The quantitative estimate of drug-likeness (QED) is 0.422. The molecule has 1 aromatic rings. The molecule has 1 aliphatic carbocycles. The van der Waals surface area contributed by atoms with Crippen molar-refractivity contribution in [3.8, 4) is 5.75 Å². The van der Waals surface area contributed by atoms with Gasteiger partial charge in [0.1, 0.15) is 5.75 Å². The molecule has 0 aromatic heterocycles. The van der Waals surface area contributed by atoms with Gasteiger partial charge in [0.15, 0.2) is 0 Å². The maximum atomic E-state index is 13.1. The smallest absolute Gasteiger partial charge is 0.376 e. The number of rotatable bonds is 5. The standard InChI is InChI=1S/C15H17F5O3S/c1-14(16,17)9-10-5-6-12(7-10)11-3-2-4-13(8-11)23-24(21,22)15(18,19)20/h2-4,8,10,12H,5-7,9H2,1H3. The van der Waals surface area contributed by atoms with Gasteiger partial charge in [-0.2, -0.15) is 21.6 Å². The molecular formula is C15H17F5O3S. The van der Waals surface area contributed by atoms with Gasteiger partial charge in [-0.3, -0.25) is 0 Å². The highest BCUT2D eigenvalue weighted by molar-refractivity contribution is 7.88. The third-order valence-electron chi connectivity index (χ3n) is 4.01. The molecule has 2 atom stereocenters. The van der Waals surface area contributed by atoms with E-state index in [9.17, 15) is 30.4 Å². The van der Waals surface area contributed by atoms with Crippen molar-refractivity contribution in [1.29, 1.82) is 0 Å². The molecule has 0 N–H and O–H groups in total. The van der Waals surface area contributed by atoms with E-state index in [0.29, 0.717) is 24.8 Å². The first-order valence-electron chi connectivity index (χ1n) is 7.36. The second-order valence-electron chi connectivity index (χ2n) is 6.21. The lowest BCUT2D eigenvalue weighted by molar-refractivity contribution is -0.0500. The first-order chi connectivity index (χ1) is 10.9. The molecule has 1 saturated carbocycles. The summed E-state index contributed by atoms with van der Waals surface area (Å²) in [5.74, 6) is -3.47. The van der Waals surface area contributed by atoms with Crippen molar-refractivity contribution in [1.82, 2.24) is 0 Å². The Morgan fingerprint density at radius 1 is 1.17 bits per heavy atom. The van der Waals surface area contributed by atoms with Crippen LogP contribution < -0.4 is 4.18 Å². The molecular weight excluding hydrogens is 355 g/mol. The fourth-order valence-electron chi connectivity index (χ4n) is 3.06. The molecule has 1 fully saturated rings. The summed E-state index contributed by atoms with van der Waals surface area (Å²) in [4.78, 5) is 0. The van der Waals surface area contributed by atoms with Crippen LogP contribution >= 0.6 is 0 Å². The Balaban J connectivity index is 2.09. The second kappa shape index (κ2) is 6.50. The highest BCUT2D eigenvalue weighted by Gasteiger charge is 2.48. The molecule has 2 unspecified atom stereocenters. The molecule has 0 heterocycles. The normalized spacial score (nSPS) is 22.6. The Bertz CT molecular complexity index is 679. The van der Waals surface area contributed by atoms with Crippen LogP contribution in [0.25, 0.3) is 0 Å². The third-order valence-corrected chi connectivity index (χ3v) is 4.99. The number of hydrogen-bond donors (Lipinski definition) is 0. The second-order valence-corrected chi connectivity index (χ2v) is 7.74. The van der Waals surface area contributed by atoms with Crippen molar-refractivity contribution >= 4 is 10.1 Å². The Hall–Kier alpha value is -1.38. The van der Waals surface area contributed by atoms with Crippen molar-refractivity contribution in [3.05, 3.63) is 29.8 Å². The van der Waals surface area contributed by atoms with E-state index in [-0.39, 0.29) is 18.3 Å². The van der Waals surface area contributed by atoms with Crippen LogP contribution in [0.2, 0.25) is 0 Å². The summed E-state index contributed by atoms with van der Waals surface area (Å²) in [5, 5.41) is 0. The zero-order chi connectivity index (χ0) is 18.2. The van der Waals surface area contributed by atoms with Gasteiger partial charge in [0.05, 0.1) is 0 Å². The first kappa shape index (κ1) is 19.0. The van der Waals surface area contributed by atoms with E-state index < -0.39 is 27.3 Å². The van der Waals surface area contributed by atoms with Gasteiger partial charge in [0.25, 0.3) is 0 Å². The largest absolute Gasteiger partial charge is 0.534 e. The van der Waals surface area contributed by atoms with Crippen molar-refractivity contribution < 1.29 is 34.6 Å². The molecule has 0 spiro atoms. The van der Waals surface area contributed by atoms with E-state index in [1.807, 2.05) is 0 Å². The molecule has 9 heteroatoms. The average Bonchev–Trinajstić information content (AvgIpc) is 2.83. The minimum absolute atomic E-state index is 0.102. The van der Waals surface area contributed by atoms with E-state index in [0.717, 1.165) is 13.0 Å². The Labute approximate surface area is 136 Å². The van der Waals surface area contributed by atoms with Crippen LogP contribution in [0.1, 0.15) is 44.1 Å². The minimum Gasteiger partial charge on any atom is -0.376 e. The van der Waals surface area contributed by atoms with Crippen LogP contribution in [-0.2, 0) is 10.1 Å². The van der Waals surface area contributed by atoms with E-state index in [1.165, 1.54) is 12.1 Å². The molecule has 0 amide bonds. The van der Waals surface area contributed by atoms with Gasteiger partial charge < -0.3 is 4.18 Å². The molecule has 136 valence electrons. The Morgan fingerprint density at radius 2 is 1.83 bits per heavy atom. The molecule has 24 heavy (non-hydrogen) atoms. The summed E-state index contributed by atoms with van der Waals surface area (Å²) in [5.41, 5.74) is -4.92. The number of alkyl halides is 5. The molecule has 0 aliphatic heterocycles. The van der Waals surface area contributed by atoms with Crippen molar-refractivity contribution in [2.75, 3.05) is 0 Å². The minimum atomic E-state index is -5.73. The molecule has 3 nitrogen and oxygen atoms in total. The van der Waals surface area contributed by atoms with Gasteiger partial charge in [-0.25, -0.2) is 8.78 Å². The van der Waals surface area contributed by atoms with Crippen LogP contribution in [0, 0.1) is 5.92 Å². The highest BCUT2D eigenvalue weighted by atomic mass is 32.2. The van der Waals surface area contributed by atoms with E-state index in [2.05, 4.69) is 4.18 Å². The predicted molar refractivity (Wildman–Crippen MR) is 77.4 cm³/mol. The van der Waals surface area contributed by atoms with Crippen molar-refractivity contribution in [3.63, 3.8) is 0 Å². The molecule has 0 saturated heterocycles. The fraction of sp³-hybridized carbons (Fsp3) is 0.600. The predicted octanol–water partition coefficient (Wildman–Crippen LogP) is 4.84. The van der Waals surface area contributed by atoms with E-state index in [1.54, 1.807) is 6.07 Å². The first-order valence-corrected chi connectivity index (χ1v) is 8.77. The van der Waals surface area contributed by atoms with E-state index in [4.69, 9.17) is 0 Å². The summed E-state index contributed by atoms with van der Waals surface area (Å²) < 4.78 is 89.3. The van der Waals surface area contributed by atoms with Gasteiger partial charge in [-0.1, -0.05) is 12.1 Å². The van der Waals surface area contributed by atoms with Gasteiger partial charge in [0.2, 0.25) is 5.92 Å². The lowest BCUT2D eigenvalue weighted by atomic mass is 9.94. The number of halogens is 5. The topological polar surface area (TPSA) is 43.4 Å². The lowest BCUT2D eigenvalue weighted by Gasteiger charge is -2.16. The molecule has 1 aliphatic rings. The van der Waals surface area contributed by atoms with Crippen LogP contribution in [0.15, 0.2) is 24.3 Å². The van der Waals surface area contributed by atoms with Crippen LogP contribution in [0.5, 0.6) is 5.75 Å². The summed E-state index contributed by atoms with van der Waals surface area (Å²) in [6, 6.07) is 5.35. The van der Waals surface area contributed by atoms with Crippen molar-refractivity contribution in [2.45, 2.75) is 50.0 Å². The average molecular weight is 372 g/mol. The molecule has 0 radical (unpaired) electrons. The molecule has 1 aromatic carbocycles. The summed E-state index contributed by atoms with van der Waals surface area (Å²) >= 11 is 0. The zero-order valence-electron chi connectivity index (χ0n) is 12.8. The maximum absolute atomic E-state index is 13.1. The number of hydrogen-bond acceptors (Lipinski definition) is 3. The maximum Gasteiger partial charge on any atom is 0.534 e. The Kier molecular flexibility index (Phi) is 5.13. The van der Waals surface area contributed by atoms with Gasteiger partial charge in [-0.15, -0.1) is 0 Å². The summed E-state index contributed by atoms with van der Waals surface area (Å²) in [7, 11) is -5.73. The zero-order valence-corrected chi connectivity index (χ0v) is 13.6. The van der Waals surface area contributed by atoms with Gasteiger partial charge >= 0.3 is 15.6 Å². The number of benzene rings is 1. The van der Waals surface area contributed by atoms with Crippen LogP contribution in [0.3, 0.4) is 0 Å². The summed E-state index contributed by atoms with van der Waals surface area (Å²) in [6.07, 6.45) is 1.47. The fourth-order valence-corrected chi connectivity index (χ4v) is 3.52. The SMILES string of the molecule is CC(F)(F)CC1CCC(c2cccc(OS(=O)(=O)C(F)(F)F)c2)C1. The molecule has 2 rings (SSSR count). The monoisotopic (exact) mass is 372 g/mol. The Morgan fingerprint density at radius 3 is 2.42 bits per heavy atom. The molecule has 0 bridgehead atoms. The van der Waals surface area contributed by atoms with Gasteiger partial charge in [0, 0.05) is 6.42 Å². The van der Waals surface area contributed by atoms with Crippen LogP contribution in [0.4, 0.5) is 22.0 Å². The van der Waals surface area contributed by atoms with E-state index >= 15 is 0 Å². The van der Waals surface area contributed by atoms with Gasteiger partial charge in [-0.05, 0) is 55.7 Å². The lowest BCUT2D eigenvalue weighted by Crippen LogP contribution is -2.28.